The van der Waals surface area contributed by atoms with Gasteiger partial charge in [0.15, 0.2) is 0 Å². The van der Waals surface area contributed by atoms with Crippen LogP contribution in [0.4, 0.5) is 0 Å². The van der Waals surface area contributed by atoms with E-state index in [2.05, 4.69) is 6.07 Å². The molecule has 7 nitrogen and oxygen atoms in total. The number of pyridine rings is 2. The molecule has 0 radical (unpaired) electrons. The summed E-state index contributed by atoms with van der Waals surface area (Å²) in [4.78, 5) is 30.4. The van der Waals surface area contributed by atoms with Crippen molar-refractivity contribution in [2.75, 3.05) is 33.3 Å². The first kappa shape index (κ1) is 20.0. The molecule has 1 N–H and O–H groups in total. The number of fused-ring (bicyclic) bond motifs is 5. The molecule has 0 unspecified atom stereocenters. The molecule has 5 heterocycles. The molecule has 3 aromatic rings. The molecule has 0 aromatic carbocycles. The molecule has 2 aliphatic heterocycles. The van der Waals surface area contributed by atoms with Crippen molar-refractivity contribution in [3.63, 3.8) is 0 Å². The highest BCUT2D eigenvalue weighted by Gasteiger charge is 2.37. The summed E-state index contributed by atoms with van der Waals surface area (Å²) in [5.41, 5.74) is 3.56. The minimum absolute atomic E-state index is 0.0546. The van der Waals surface area contributed by atoms with Crippen molar-refractivity contribution < 1.29 is 9.90 Å². The van der Waals surface area contributed by atoms with Crippen molar-refractivity contribution in [3.05, 3.63) is 76.0 Å². The van der Waals surface area contributed by atoms with Crippen LogP contribution in [-0.2, 0) is 13.1 Å². The SMILES string of the molecule is CN(CCO)Cc1ccc2n(c1=O)C[C@H]1C[C@@H]2CN(C(=O)c2ccc3ccccn23)C1. The fourth-order valence-corrected chi connectivity index (χ4v) is 5.21. The van der Waals surface area contributed by atoms with Crippen molar-refractivity contribution in [3.8, 4) is 0 Å². The third-order valence-electron chi connectivity index (χ3n) is 6.67. The number of nitrogens with zero attached hydrogens (tertiary/aromatic N) is 4. The number of hydrogen-bond donors (Lipinski definition) is 1. The normalized spacial score (nSPS) is 20.3. The van der Waals surface area contributed by atoms with E-state index in [0.717, 1.165) is 23.2 Å². The van der Waals surface area contributed by atoms with Crippen molar-refractivity contribution in [1.29, 1.82) is 0 Å². The first-order valence-electron chi connectivity index (χ1n) is 10.9. The third kappa shape index (κ3) is 3.58. The molecule has 0 spiro atoms. The van der Waals surface area contributed by atoms with Gasteiger partial charge in [-0.25, -0.2) is 0 Å². The number of aliphatic hydroxyl groups excluding tert-OH is 1. The minimum Gasteiger partial charge on any atom is -0.395 e. The second kappa shape index (κ2) is 7.98. The molecule has 3 aromatic heterocycles. The van der Waals surface area contributed by atoms with Crippen LogP contribution in [0.15, 0.2) is 53.5 Å². The van der Waals surface area contributed by atoms with Gasteiger partial charge in [-0.2, -0.15) is 0 Å². The quantitative estimate of drug-likeness (QED) is 0.683. The number of aliphatic hydroxyl groups is 1. The second-order valence-corrected chi connectivity index (χ2v) is 8.88. The topological polar surface area (TPSA) is 70.2 Å². The lowest BCUT2D eigenvalue weighted by molar-refractivity contribution is 0.0587. The number of carbonyl (C=O) groups excluding carboxylic acids is 1. The maximum Gasteiger partial charge on any atom is 0.270 e. The van der Waals surface area contributed by atoms with E-state index in [1.807, 2.05) is 68.4 Å². The molecule has 0 saturated carbocycles. The molecule has 31 heavy (non-hydrogen) atoms. The van der Waals surface area contributed by atoms with Gasteiger partial charge in [0.1, 0.15) is 5.69 Å². The van der Waals surface area contributed by atoms with Gasteiger partial charge in [-0.05, 0) is 49.7 Å². The molecule has 1 amide bonds. The Balaban J connectivity index is 1.40. The maximum absolute atomic E-state index is 13.3. The van der Waals surface area contributed by atoms with Crippen LogP contribution < -0.4 is 5.56 Å². The summed E-state index contributed by atoms with van der Waals surface area (Å²) in [6.45, 7) is 3.11. The van der Waals surface area contributed by atoms with Crippen molar-refractivity contribution in [2.24, 2.45) is 5.92 Å². The van der Waals surface area contributed by atoms with Crippen molar-refractivity contribution >= 4 is 11.4 Å². The van der Waals surface area contributed by atoms with Gasteiger partial charge in [0, 0.05) is 61.6 Å². The number of likely N-dealkylation sites (tertiary alicyclic amines) is 1. The summed E-state index contributed by atoms with van der Waals surface area (Å²) in [7, 11) is 1.91. The van der Waals surface area contributed by atoms with E-state index < -0.39 is 0 Å². The summed E-state index contributed by atoms with van der Waals surface area (Å²) in [6.07, 6.45) is 2.94. The van der Waals surface area contributed by atoms with Gasteiger partial charge in [-0.15, -0.1) is 0 Å². The number of hydrogen-bond acceptors (Lipinski definition) is 4. The Morgan fingerprint density at radius 3 is 2.84 bits per heavy atom. The summed E-state index contributed by atoms with van der Waals surface area (Å²) < 4.78 is 3.87. The van der Waals surface area contributed by atoms with Crippen LogP contribution in [0.3, 0.4) is 0 Å². The van der Waals surface area contributed by atoms with Gasteiger partial charge < -0.3 is 19.0 Å². The molecule has 162 valence electrons. The number of piperidine rings is 1. The fraction of sp³-hybridized carbons (Fsp3) is 0.417. The average Bonchev–Trinajstić information content (AvgIpc) is 3.20. The third-order valence-corrected chi connectivity index (χ3v) is 6.67. The minimum atomic E-state index is 0.0546. The van der Waals surface area contributed by atoms with Gasteiger partial charge in [0.05, 0.1) is 6.61 Å². The summed E-state index contributed by atoms with van der Waals surface area (Å²) in [5, 5.41) is 9.12. The van der Waals surface area contributed by atoms with E-state index in [0.29, 0.717) is 38.4 Å². The van der Waals surface area contributed by atoms with Gasteiger partial charge in [-0.1, -0.05) is 12.1 Å². The zero-order valence-electron chi connectivity index (χ0n) is 17.8. The summed E-state index contributed by atoms with van der Waals surface area (Å²) >= 11 is 0. The van der Waals surface area contributed by atoms with E-state index in [4.69, 9.17) is 5.11 Å². The zero-order chi connectivity index (χ0) is 21.5. The van der Waals surface area contributed by atoms with Crippen LogP contribution in [0.1, 0.15) is 34.1 Å². The van der Waals surface area contributed by atoms with Crippen molar-refractivity contribution in [1.82, 2.24) is 18.8 Å². The van der Waals surface area contributed by atoms with Crippen LogP contribution in [0.2, 0.25) is 0 Å². The first-order valence-corrected chi connectivity index (χ1v) is 10.9. The van der Waals surface area contributed by atoms with Gasteiger partial charge >= 0.3 is 0 Å². The molecule has 7 heteroatoms. The molecule has 5 rings (SSSR count). The largest absolute Gasteiger partial charge is 0.395 e. The van der Waals surface area contributed by atoms with Crippen LogP contribution >= 0.6 is 0 Å². The van der Waals surface area contributed by atoms with E-state index in [-0.39, 0.29) is 29.9 Å². The molecule has 2 atom stereocenters. The fourth-order valence-electron chi connectivity index (χ4n) is 5.21. The lowest BCUT2D eigenvalue weighted by Gasteiger charge is -2.43. The predicted molar refractivity (Wildman–Crippen MR) is 118 cm³/mol. The number of aromatic nitrogens is 2. The number of amides is 1. The maximum atomic E-state index is 13.3. The monoisotopic (exact) mass is 420 g/mol. The molecule has 1 fully saturated rings. The smallest absolute Gasteiger partial charge is 0.270 e. The van der Waals surface area contributed by atoms with E-state index in [1.165, 1.54) is 0 Å². The average molecular weight is 421 g/mol. The number of rotatable bonds is 5. The van der Waals surface area contributed by atoms with Crippen LogP contribution in [0.25, 0.3) is 5.52 Å². The molecular formula is C24H28N4O3. The Labute approximate surface area is 181 Å². The zero-order valence-corrected chi connectivity index (χ0v) is 17.8. The van der Waals surface area contributed by atoms with Gasteiger partial charge in [0.2, 0.25) is 0 Å². The molecule has 2 aliphatic rings. The highest BCUT2D eigenvalue weighted by Crippen LogP contribution is 2.35. The second-order valence-electron chi connectivity index (χ2n) is 8.88. The van der Waals surface area contributed by atoms with Crippen LogP contribution in [0, 0.1) is 5.92 Å². The Morgan fingerprint density at radius 1 is 1.13 bits per heavy atom. The summed E-state index contributed by atoms with van der Waals surface area (Å²) in [5.74, 6) is 0.517. The van der Waals surface area contributed by atoms with Crippen molar-refractivity contribution in [2.45, 2.75) is 25.4 Å². The number of carbonyl (C=O) groups is 1. The van der Waals surface area contributed by atoms with E-state index in [9.17, 15) is 9.59 Å². The Hall–Kier alpha value is -2.90. The van der Waals surface area contributed by atoms with Gasteiger partial charge in [0.25, 0.3) is 11.5 Å². The van der Waals surface area contributed by atoms with E-state index >= 15 is 0 Å². The highest BCUT2D eigenvalue weighted by atomic mass is 16.3. The lowest BCUT2D eigenvalue weighted by atomic mass is 9.83. The lowest BCUT2D eigenvalue weighted by Crippen LogP contribution is -2.49. The molecule has 1 saturated heterocycles. The predicted octanol–water partition coefficient (Wildman–Crippen LogP) is 1.78. The van der Waals surface area contributed by atoms with Crippen LogP contribution in [0.5, 0.6) is 0 Å². The van der Waals surface area contributed by atoms with Gasteiger partial charge in [-0.3, -0.25) is 14.5 Å². The Bertz CT molecular complexity index is 1180. The standard InChI is InChI=1S/C24H28N4O3/c1-25(10-11-29)15-18-5-7-21-19-12-17(14-28(21)23(18)30)13-26(16-19)24(31)22-8-6-20-4-2-3-9-27(20)22/h2-9,17,19,29H,10-16H2,1H3/t17-,19+/m0/s1. The highest BCUT2D eigenvalue weighted by molar-refractivity contribution is 5.94. The molecule has 0 aliphatic carbocycles. The number of likely N-dealkylation sites (N-methyl/N-ethyl adjacent to an activating group) is 1. The molecule has 2 bridgehead atoms. The summed E-state index contributed by atoms with van der Waals surface area (Å²) in [6, 6.07) is 13.8. The first-order chi connectivity index (χ1) is 15.0. The molecular weight excluding hydrogens is 392 g/mol. The van der Waals surface area contributed by atoms with Crippen LogP contribution in [-0.4, -0.2) is 63.1 Å². The Kier molecular flexibility index (Phi) is 5.16. The Morgan fingerprint density at radius 2 is 2.00 bits per heavy atom. The van der Waals surface area contributed by atoms with E-state index in [1.54, 1.807) is 0 Å².